The van der Waals surface area contributed by atoms with Gasteiger partial charge in [0.2, 0.25) is 15.9 Å². The number of benzene rings is 1. The predicted molar refractivity (Wildman–Crippen MR) is 85.0 cm³/mol. The number of primary sulfonamides is 1. The fraction of sp³-hybridized carbons (Fsp3) is 0.385. The Bertz CT molecular complexity index is 646. The summed E-state index contributed by atoms with van der Waals surface area (Å²) in [6.45, 7) is 3.64. The van der Waals surface area contributed by atoms with Crippen molar-refractivity contribution < 1.29 is 22.7 Å². The molecule has 0 aliphatic rings. The van der Waals surface area contributed by atoms with Crippen LogP contribution in [0.25, 0.3) is 0 Å². The molecule has 122 valence electrons. The lowest BCUT2D eigenvalue weighted by Gasteiger charge is -2.12. The van der Waals surface area contributed by atoms with Crippen molar-refractivity contribution in [2.24, 2.45) is 5.14 Å². The Labute approximate surface area is 133 Å². The lowest BCUT2D eigenvalue weighted by atomic mass is 10.3. The lowest BCUT2D eigenvalue weighted by molar-refractivity contribution is -0.139. The Morgan fingerprint density at radius 1 is 1.41 bits per heavy atom. The van der Waals surface area contributed by atoms with E-state index in [0.717, 1.165) is 11.8 Å². The molecule has 0 saturated heterocycles. The molecule has 0 fully saturated rings. The molecule has 0 heterocycles. The number of hydrogen-bond donors (Lipinski definition) is 2. The summed E-state index contributed by atoms with van der Waals surface area (Å²) in [5.74, 6) is -0.663. The summed E-state index contributed by atoms with van der Waals surface area (Å²) < 4.78 is 27.3. The highest BCUT2D eigenvalue weighted by Gasteiger charge is 2.16. The van der Waals surface area contributed by atoms with Crippen LogP contribution in [0.1, 0.15) is 13.8 Å². The Balaban J connectivity index is 2.63. The van der Waals surface area contributed by atoms with E-state index >= 15 is 0 Å². The summed E-state index contributed by atoms with van der Waals surface area (Å²) in [4.78, 5) is 23.1. The second kappa shape index (κ2) is 8.16. The molecule has 0 spiro atoms. The van der Waals surface area contributed by atoms with Gasteiger partial charge in [-0.2, -0.15) is 0 Å². The van der Waals surface area contributed by atoms with Gasteiger partial charge in [0.25, 0.3) is 0 Å². The highest BCUT2D eigenvalue weighted by atomic mass is 32.2. The van der Waals surface area contributed by atoms with Gasteiger partial charge in [0.05, 0.1) is 22.5 Å². The van der Waals surface area contributed by atoms with E-state index in [2.05, 4.69) is 5.32 Å². The Kier molecular flexibility index (Phi) is 6.85. The summed E-state index contributed by atoms with van der Waals surface area (Å²) in [6, 6.07) is 5.64. The topological polar surface area (TPSA) is 116 Å². The van der Waals surface area contributed by atoms with Gasteiger partial charge in [-0.05, 0) is 32.0 Å². The van der Waals surface area contributed by atoms with Crippen molar-refractivity contribution >= 4 is 39.3 Å². The van der Waals surface area contributed by atoms with Gasteiger partial charge in [-0.1, -0.05) is 6.07 Å². The third kappa shape index (κ3) is 6.04. The molecule has 1 rings (SSSR count). The van der Waals surface area contributed by atoms with Crippen LogP contribution in [0.2, 0.25) is 0 Å². The van der Waals surface area contributed by atoms with Gasteiger partial charge in [0.1, 0.15) is 0 Å². The molecule has 1 aromatic carbocycles. The SMILES string of the molecule is CCOC(=O)CS[C@@H](C)C(=O)Nc1cccc(S(N)(=O)=O)c1. The number of carbonyl (C=O) groups excluding carboxylic acids is 2. The molecule has 3 N–H and O–H groups in total. The third-order valence-electron chi connectivity index (χ3n) is 2.56. The molecule has 0 aliphatic carbocycles. The molecule has 7 nitrogen and oxygen atoms in total. The van der Waals surface area contributed by atoms with Crippen molar-refractivity contribution in [2.45, 2.75) is 24.0 Å². The first-order valence-corrected chi connectivity index (χ1v) is 9.04. The fourth-order valence-electron chi connectivity index (χ4n) is 1.47. The van der Waals surface area contributed by atoms with Gasteiger partial charge >= 0.3 is 5.97 Å². The van der Waals surface area contributed by atoms with Crippen molar-refractivity contribution in [1.29, 1.82) is 0 Å². The van der Waals surface area contributed by atoms with Gasteiger partial charge in [-0.3, -0.25) is 9.59 Å². The zero-order valence-corrected chi connectivity index (χ0v) is 13.9. The van der Waals surface area contributed by atoms with Gasteiger partial charge in [0.15, 0.2) is 0 Å². The van der Waals surface area contributed by atoms with Crippen molar-refractivity contribution in [2.75, 3.05) is 17.7 Å². The summed E-state index contributed by atoms with van der Waals surface area (Å²) in [5.41, 5.74) is 0.320. The minimum Gasteiger partial charge on any atom is -0.465 e. The number of anilines is 1. The molecule has 22 heavy (non-hydrogen) atoms. The van der Waals surface area contributed by atoms with Crippen LogP contribution in [0.5, 0.6) is 0 Å². The molecule has 0 aromatic heterocycles. The number of hydrogen-bond acceptors (Lipinski definition) is 6. The number of ether oxygens (including phenoxy) is 1. The van der Waals surface area contributed by atoms with Crippen molar-refractivity contribution in [3.63, 3.8) is 0 Å². The Morgan fingerprint density at radius 2 is 2.09 bits per heavy atom. The molecule has 0 bridgehead atoms. The van der Waals surface area contributed by atoms with E-state index in [1.807, 2.05) is 0 Å². The minimum absolute atomic E-state index is 0.0691. The normalized spacial score (nSPS) is 12.5. The number of rotatable bonds is 7. The minimum atomic E-state index is -3.83. The number of esters is 1. The Morgan fingerprint density at radius 3 is 2.68 bits per heavy atom. The lowest BCUT2D eigenvalue weighted by Crippen LogP contribution is -2.24. The number of carbonyl (C=O) groups is 2. The average Bonchev–Trinajstić information content (AvgIpc) is 2.44. The van der Waals surface area contributed by atoms with Crippen molar-refractivity contribution in [3.05, 3.63) is 24.3 Å². The van der Waals surface area contributed by atoms with Crippen LogP contribution in [0.3, 0.4) is 0 Å². The van der Waals surface area contributed by atoms with Gasteiger partial charge in [-0.25, -0.2) is 13.6 Å². The van der Waals surface area contributed by atoms with Crippen LogP contribution in [-0.4, -0.2) is 37.9 Å². The van der Waals surface area contributed by atoms with E-state index in [4.69, 9.17) is 9.88 Å². The first kappa shape index (κ1) is 18.5. The highest BCUT2D eigenvalue weighted by Crippen LogP contribution is 2.17. The number of amides is 1. The van der Waals surface area contributed by atoms with Gasteiger partial charge in [-0.15, -0.1) is 11.8 Å². The molecule has 1 atom stereocenters. The van der Waals surface area contributed by atoms with Crippen LogP contribution in [0, 0.1) is 0 Å². The monoisotopic (exact) mass is 346 g/mol. The molecule has 9 heteroatoms. The average molecular weight is 346 g/mol. The van der Waals surface area contributed by atoms with E-state index in [-0.39, 0.29) is 22.5 Å². The molecule has 0 radical (unpaired) electrons. The number of nitrogens with two attached hydrogens (primary N) is 1. The third-order valence-corrected chi connectivity index (χ3v) is 4.58. The van der Waals surface area contributed by atoms with Crippen LogP contribution in [0.4, 0.5) is 5.69 Å². The maximum absolute atomic E-state index is 12.0. The van der Waals surface area contributed by atoms with Crippen LogP contribution >= 0.6 is 11.8 Å². The zero-order valence-electron chi connectivity index (χ0n) is 12.2. The zero-order chi connectivity index (χ0) is 16.8. The number of nitrogens with one attached hydrogen (secondary N) is 1. The van der Waals surface area contributed by atoms with Gasteiger partial charge in [0, 0.05) is 5.69 Å². The first-order chi connectivity index (χ1) is 10.2. The van der Waals surface area contributed by atoms with E-state index in [1.54, 1.807) is 19.9 Å². The van der Waals surface area contributed by atoms with Crippen LogP contribution in [-0.2, 0) is 24.3 Å². The molecule has 0 unspecified atom stereocenters. The van der Waals surface area contributed by atoms with E-state index in [0.29, 0.717) is 12.3 Å². The quantitative estimate of drug-likeness (QED) is 0.710. The molecular weight excluding hydrogens is 328 g/mol. The second-order valence-corrected chi connectivity index (χ2v) is 7.21. The van der Waals surface area contributed by atoms with Gasteiger partial charge < -0.3 is 10.1 Å². The Hall–Kier alpha value is -1.58. The maximum atomic E-state index is 12.0. The summed E-state index contributed by atoms with van der Waals surface area (Å²) in [5, 5.41) is 7.11. The summed E-state index contributed by atoms with van der Waals surface area (Å²) in [7, 11) is -3.83. The standard InChI is InChI=1S/C13H18N2O5S2/c1-3-20-12(16)8-21-9(2)13(17)15-10-5-4-6-11(7-10)22(14,18)19/h4-7,9H,3,8H2,1-2H3,(H,15,17)(H2,14,18,19)/t9-/m0/s1. The van der Waals surface area contributed by atoms with E-state index < -0.39 is 15.3 Å². The predicted octanol–water partition coefficient (Wildman–Crippen LogP) is 0.957. The van der Waals surface area contributed by atoms with Crippen molar-refractivity contribution in [3.8, 4) is 0 Å². The van der Waals surface area contributed by atoms with Crippen molar-refractivity contribution in [1.82, 2.24) is 0 Å². The number of thioether (sulfide) groups is 1. The summed E-state index contributed by atoms with van der Waals surface area (Å²) >= 11 is 1.13. The highest BCUT2D eigenvalue weighted by molar-refractivity contribution is 8.01. The maximum Gasteiger partial charge on any atom is 0.315 e. The molecule has 1 amide bonds. The fourth-order valence-corrected chi connectivity index (χ4v) is 2.71. The molecule has 1 aromatic rings. The molecular formula is C13H18N2O5S2. The first-order valence-electron chi connectivity index (χ1n) is 6.45. The van der Waals surface area contributed by atoms with E-state index in [9.17, 15) is 18.0 Å². The second-order valence-electron chi connectivity index (χ2n) is 4.32. The largest absolute Gasteiger partial charge is 0.465 e. The van der Waals surface area contributed by atoms with Crippen LogP contribution in [0.15, 0.2) is 29.2 Å². The van der Waals surface area contributed by atoms with Crippen LogP contribution < -0.4 is 10.5 Å². The summed E-state index contributed by atoms with van der Waals surface area (Å²) in [6.07, 6.45) is 0. The number of sulfonamides is 1. The smallest absolute Gasteiger partial charge is 0.315 e. The molecule has 0 aliphatic heterocycles. The molecule has 0 saturated carbocycles. The van der Waals surface area contributed by atoms with E-state index in [1.165, 1.54) is 18.2 Å².